The number of thioether (sulfide) groups is 1. The molecule has 0 aliphatic heterocycles. The second-order valence-electron chi connectivity index (χ2n) is 3.74. The molecule has 0 amide bonds. The predicted octanol–water partition coefficient (Wildman–Crippen LogP) is 1.23. The SMILES string of the molecule is CCNc1cc(CSc2n[nH]c(=O)n2C)ccn1. The molecule has 18 heavy (non-hydrogen) atoms. The van der Waals surface area contributed by atoms with Gasteiger partial charge in [-0.15, -0.1) is 5.10 Å². The number of hydrogen-bond acceptors (Lipinski definition) is 5. The molecule has 2 rings (SSSR count). The first-order valence-electron chi connectivity index (χ1n) is 5.63. The molecule has 2 N–H and O–H groups in total. The van der Waals surface area contributed by atoms with E-state index in [0.717, 1.165) is 23.7 Å². The molecular formula is C11H15N5OS. The number of rotatable bonds is 5. The lowest BCUT2D eigenvalue weighted by Gasteiger charge is -2.04. The number of nitrogens with zero attached hydrogens (tertiary/aromatic N) is 3. The Kier molecular flexibility index (Phi) is 4.03. The summed E-state index contributed by atoms with van der Waals surface area (Å²) in [7, 11) is 1.70. The molecule has 0 saturated heterocycles. The van der Waals surface area contributed by atoms with Crippen LogP contribution >= 0.6 is 11.8 Å². The van der Waals surface area contributed by atoms with E-state index in [-0.39, 0.29) is 5.69 Å². The Morgan fingerprint density at radius 2 is 2.39 bits per heavy atom. The van der Waals surface area contributed by atoms with Gasteiger partial charge in [0, 0.05) is 25.5 Å². The highest BCUT2D eigenvalue weighted by molar-refractivity contribution is 7.98. The second-order valence-corrected chi connectivity index (χ2v) is 4.68. The Labute approximate surface area is 109 Å². The van der Waals surface area contributed by atoms with Crippen LogP contribution in [0, 0.1) is 0 Å². The highest BCUT2D eigenvalue weighted by atomic mass is 32.2. The van der Waals surface area contributed by atoms with Crippen molar-refractivity contribution in [2.45, 2.75) is 17.8 Å². The lowest BCUT2D eigenvalue weighted by atomic mass is 10.3. The van der Waals surface area contributed by atoms with E-state index in [0.29, 0.717) is 5.16 Å². The van der Waals surface area contributed by atoms with E-state index in [1.165, 1.54) is 16.3 Å². The van der Waals surface area contributed by atoms with Crippen LogP contribution in [-0.4, -0.2) is 26.3 Å². The molecular weight excluding hydrogens is 250 g/mol. The maximum Gasteiger partial charge on any atom is 0.343 e. The molecule has 0 saturated carbocycles. The van der Waals surface area contributed by atoms with Gasteiger partial charge >= 0.3 is 5.69 Å². The van der Waals surface area contributed by atoms with Crippen LogP contribution < -0.4 is 11.0 Å². The molecule has 0 aliphatic rings. The van der Waals surface area contributed by atoms with Gasteiger partial charge in [-0.1, -0.05) is 11.8 Å². The third kappa shape index (κ3) is 2.92. The summed E-state index contributed by atoms with van der Waals surface area (Å²) in [6, 6.07) is 3.96. The number of aromatic amines is 1. The van der Waals surface area contributed by atoms with Crippen molar-refractivity contribution >= 4 is 17.6 Å². The normalized spacial score (nSPS) is 10.6. The topological polar surface area (TPSA) is 75.6 Å². The summed E-state index contributed by atoms with van der Waals surface area (Å²) in [4.78, 5) is 15.4. The van der Waals surface area contributed by atoms with Crippen molar-refractivity contribution in [2.75, 3.05) is 11.9 Å². The Morgan fingerprint density at radius 1 is 1.56 bits per heavy atom. The van der Waals surface area contributed by atoms with Crippen LogP contribution in [0.15, 0.2) is 28.3 Å². The van der Waals surface area contributed by atoms with Gasteiger partial charge in [-0.25, -0.2) is 14.9 Å². The lowest BCUT2D eigenvalue weighted by molar-refractivity contribution is 0.766. The van der Waals surface area contributed by atoms with Gasteiger partial charge in [0.25, 0.3) is 0 Å². The van der Waals surface area contributed by atoms with Crippen LogP contribution in [-0.2, 0) is 12.8 Å². The zero-order valence-corrected chi connectivity index (χ0v) is 11.1. The Balaban J connectivity index is 2.04. The van der Waals surface area contributed by atoms with Gasteiger partial charge in [-0.05, 0) is 24.6 Å². The van der Waals surface area contributed by atoms with Crippen molar-refractivity contribution in [1.82, 2.24) is 19.7 Å². The van der Waals surface area contributed by atoms with Crippen LogP contribution in [0.5, 0.6) is 0 Å². The van der Waals surface area contributed by atoms with E-state index in [1.54, 1.807) is 13.2 Å². The van der Waals surface area contributed by atoms with Crippen molar-refractivity contribution < 1.29 is 0 Å². The summed E-state index contributed by atoms with van der Waals surface area (Å²) >= 11 is 1.51. The second kappa shape index (κ2) is 5.72. The van der Waals surface area contributed by atoms with Gasteiger partial charge in [0.2, 0.25) is 0 Å². The van der Waals surface area contributed by atoms with Gasteiger partial charge in [0.05, 0.1) is 0 Å². The van der Waals surface area contributed by atoms with Crippen molar-refractivity contribution in [3.8, 4) is 0 Å². The summed E-state index contributed by atoms with van der Waals surface area (Å²) in [6.45, 7) is 2.88. The van der Waals surface area contributed by atoms with E-state index >= 15 is 0 Å². The number of hydrogen-bond donors (Lipinski definition) is 2. The van der Waals surface area contributed by atoms with E-state index in [1.807, 2.05) is 19.1 Å². The molecule has 2 aromatic rings. The van der Waals surface area contributed by atoms with Gasteiger partial charge in [0.15, 0.2) is 5.16 Å². The summed E-state index contributed by atoms with van der Waals surface area (Å²) in [5, 5.41) is 10.2. The fraction of sp³-hybridized carbons (Fsp3) is 0.364. The molecule has 0 aromatic carbocycles. The predicted molar refractivity (Wildman–Crippen MR) is 71.8 cm³/mol. The molecule has 0 aliphatic carbocycles. The smallest absolute Gasteiger partial charge is 0.343 e. The third-order valence-corrected chi connectivity index (χ3v) is 3.49. The minimum atomic E-state index is -0.194. The molecule has 0 spiro atoms. The van der Waals surface area contributed by atoms with Crippen molar-refractivity contribution in [2.24, 2.45) is 7.05 Å². The maximum atomic E-state index is 11.2. The molecule has 0 fully saturated rings. The van der Waals surface area contributed by atoms with Crippen LogP contribution in [0.25, 0.3) is 0 Å². The van der Waals surface area contributed by atoms with Gasteiger partial charge in [0.1, 0.15) is 5.82 Å². The highest BCUT2D eigenvalue weighted by Gasteiger charge is 2.05. The average molecular weight is 265 g/mol. The molecule has 2 heterocycles. The molecule has 0 unspecified atom stereocenters. The first-order chi connectivity index (χ1) is 8.70. The number of aromatic nitrogens is 4. The molecule has 0 radical (unpaired) electrons. The first-order valence-corrected chi connectivity index (χ1v) is 6.62. The van der Waals surface area contributed by atoms with Crippen LogP contribution in [0.1, 0.15) is 12.5 Å². The summed E-state index contributed by atoms with van der Waals surface area (Å²) in [5.41, 5.74) is 0.946. The number of nitrogens with one attached hydrogen (secondary N) is 2. The fourth-order valence-corrected chi connectivity index (χ4v) is 2.31. The summed E-state index contributed by atoms with van der Waals surface area (Å²) < 4.78 is 1.50. The fourth-order valence-electron chi connectivity index (χ4n) is 1.45. The lowest BCUT2D eigenvalue weighted by Crippen LogP contribution is -2.12. The van der Waals surface area contributed by atoms with Crippen molar-refractivity contribution in [3.63, 3.8) is 0 Å². The van der Waals surface area contributed by atoms with Crippen LogP contribution in [0.4, 0.5) is 5.82 Å². The van der Waals surface area contributed by atoms with E-state index in [9.17, 15) is 4.79 Å². The molecule has 7 heteroatoms. The Morgan fingerprint density at radius 3 is 3.06 bits per heavy atom. The van der Waals surface area contributed by atoms with E-state index in [2.05, 4.69) is 20.5 Å². The Hall–Kier alpha value is -1.76. The standard InChI is InChI=1S/C11H15N5OS/c1-3-12-9-6-8(4-5-13-9)7-18-11-15-14-10(17)16(11)2/h4-6H,3,7H2,1-2H3,(H,12,13)(H,14,17). The minimum absolute atomic E-state index is 0.194. The number of pyridine rings is 1. The molecule has 0 bridgehead atoms. The molecule has 0 atom stereocenters. The molecule has 2 aromatic heterocycles. The van der Waals surface area contributed by atoms with Gasteiger partial charge < -0.3 is 5.32 Å². The van der Waals surface area contributed by atoms with Crippen molar-refractivity contribution in [1.29, 1.82) is 0 Å². The number of anilines is 1. The zero-order valence-electron chi connectivity index (χ0n) is 10.3. The molecule has 6 nitrogen and oxygen atoms in total. The summed E-state index contributed by atoms with van der Waals surface area (Å²) in [5.74, 6) is 1.62. The quantitative estimate of drug-likeness (QED) is 0.795. The summed E-state index contributed by atoms with van der Waals surface area (Å²) in [6.07, 6.45) is 1.78. The number of H-pyrrole nitrogens is 1. The highest BCUT2D eigenvalue weighted by Crippen LogP contribution is 2.19. The zero-order chi connectivity index (χ0) is 13.0. The maximum absolute atomic E-state index is 11.2. The third-order valence-electron chi connectivity index (χ3n) is 2.39. The van der Waals surface area contributed by atoms with Gasteiger partial charge in [-0.2, -0.15) is 0 Å². The molecule has 96 valence electrons. The monoisotopic (exact) mass is 265 g/mol. The van der Waals surface area contributed by atoms with Crippen LogP contribution in [0.2, 0.25) is 0 Å². The van der Waals surface area contributed by atoms with Crippen LogP contribution in [0.3, 0.4) is 0 Å². The Bertz CT molecular complexity index is 577. The largest absolute Gasteiger partial charge is 0.370 e. The van der Waals surface area contributed by atoms with Crippen molar-refractivity contribution in [3.05, 3.63) is 34.4 Å². The minimum Gasteiger partial charge on any atom is -0.370 e. The van der Waals surface area contributed by atoms with E-state index < -0.39 is 0 Å². The van der Waals surface area contributed by atoms with Gasteiger partial charge in [-0.3, -0.25) is 4.57 Å². The average Bonchev–Trinajstić information content (AvgIpc) is 2.69. The first kappa shape index (κ1) is 12.7. The van der Waals surface area contributed by atoms with E-state index in [4.69, 9.17) is 0 Å².